The topological polar surface area (TPSA) is 37.4 Å². The minimum Gasteiger partial charge on any atom is -0.303 e. The molecule has 0 amide bonds. The van der Waals surface area contributed by atoms with E-state index < -0.39 is 10.2 Å². The standard InChI is InChI=1S/C8H14FNO2S/c9-13(11,12)7-8-2-1-4-10(6-8)5-3-8/h1-7H2. The lowest BCUT2D eigenvalue weighted by Gasteiger charge is -2.32. The molecule has 76 valence electrons. The Morgan fingerprint density at radius 2 is 2.08 bits per heavy atom. The molecule has 2 heterocycles. The van der Waals surface area contributed by atoms with Gasteiger partial charge < -0.3 is 4.90 Å². The highest BCUT2D eigenvalue weighted by molar-refractivity contribution is 7.86. The molecule has 0 aromatic heterocycles. The second-order valence-electron chi connectivity index (χ2n) is 4.31. The molecule has 5 heteroatoms. The third-order valence-corrected chi connectivity index (χ3v) is 4.13. The SMILES string of the molecule is O=S(=O)(F)CC12CCCN(CC1)C2. The van der Waals surface area contributed by atoms with E-state index in [1.807, 2.05) is 0 Å². The van der Waals surface area contributed by atoms with Crippen LogP contribution >= 0.6 is 0 Å². The van der Waals surface area contributed by atoms with Crippen molar-refractivity contribution in [3.05, 3.63) is 0 Å². The monoisotopic (exact) mass is 207 g/mol. The average molecular weight is 207 g/mol. The summed E-state index contributed by atoms with van der Waals surface area (Å²) in [6.07, 6.45) is 2.72. The van der Waals surface area contributed by atoms with Crippen LogP contribution in [0.15, 0.2) is 0 Å². The van der Waals surface area contributed by atoms with Crippen LogP contribution in [0.4, 0.5) is 3.89 Å². The van der Waals surface area contributed by atoms with Gasteiger partial charge in [0.05, 0.1) is 5.75 Å². The molecule has 0 aromatic carbocycles. The normalized spacial score (nSPS) is 39.3. The molecule has 0 radical (unpaired) electrons. The summed E-state index contributed by atoms with van der Waals surface area (Å²) < 4.78 is 33.8. The summed E-state index contributed by atoms with van der Waals surface area (Å²) in [7, 11) is -4.29. The first-order chi connectivity index (χ1) is 5.99. The van der Waals surface area contributed by atoms with Gasteiger partial charge in [-0.3, -0.25) is 0 Å². The van der Waals surface area contributed by atoms with Crippen LogP contribution in [-0.2, 0) is 10.2 Å². The largest absolute Gasteiger partial charge is 0.303 e. The zero-order valence-corrected chi connectivity index (χ0v) is 8.32. The highest BCUT2D eigenvalue weighted by atomic mass is 32.3. The Morgan fingerprint density at radius 3 is 2.77 bits per heavy atom. The van der Waals surface area contributed by atoms with Gasteiger partial charge in [-0.1, -0.05) is 0 Å². The lowest BCUT2D eigenvalue weighted by Crippen LogP contribution is -2.37. The Kier molecular flexibility index (Phi) is 2.11. The molecule has 0 spiro atoms. The quantitative estimate of drug-likeness (QED) is 0.628. The van der Waals surface area contributed by atoms with Crippen LogP contribution in [0, 0.1) is 5.41 Å². The molecule has 0 aromatic rings. The lowest BCUT2D eigenvalue weighted by atomic mass is 9.83. The van der Waals surface area contributed by atoms with E-state index in [0.29, 0.717) is 0 Å². The minimum absolute atomic E-state index is 0.258. The molecule has 2 aliphatic heterocycles. The summed E-state index contributed by atoms with van der Waals surface area (Å²) in [5, 5.41) is 0. The molecule has 2 aliphatic rings. The molecule has 0 N–H and O–H groups in total. The first-order valence-electron chi connectivity index (χ1n) is 4.64. The van der Waals surface area contributed by atoms with Crippen LogP contribution in [0.2, 0.25) is 0 Å². The maximum absolute atomic E-state index is 12.6. The molecule has 0 aliphatic carbocycles. The molecule has 13 heavy (non-hydrogen) atoms. The number of piperidine rings is 1. The fourth-order valence-electron chi connectivity index (χ4n) is 2.66. The summed E-state index contributed by atoms with van der Waals surface area (Å²) in [6.45, 7) is 2.76. The molecular formula is C8H14FNO2S. The van der Waals surface area contributed by atoms with Crippen LogP contribution in [0.5, 0.6) is 0 Å². The predicted molar refractivity (Wildman–Crippen MR) is 47.6 cm³/mol. The molecule has 2 atom stereocenters. The van der Waals surface area contributed by atoms with Gasteiger partial charge in [-0.25, -0.2) is 0 Å². The summed E-state index contributed by atoms with van der Waals surface area (Å²) in [6, 6.07) is 0. The molecule has 2 rings (SSSR count). The van der Waals surface area contributed by atoms with Gasteiger partial charge in [0.2, 0.25) is 0 Å². The van der Waals surface area contributed by atoms with Crippen molar-refractivity contribution in [2.75, 3.05) is 25.4 Å². The number of hydrogen-bond acceptors (Lipinski definition) is 3. The van der Waals surface area contributed by atoms with Gasteiger partial charge in [-0.2, -0.15) is 8.42 Å². The van der Waals surface area contributed by atoms with Crippen LogP contribution < -0.4 is 0 Å². The van der Waals surface area contributed by atoms with Crippen molar-refractivity contribution >= 4 is 10.2 Å². The number of halogens is 1. The maximum Gasteiger partial charge on any atom is 0.303 e. The fourth-order valence-corrected chi connectivity index (χ4v) is 3.77. The third-order valence-electron chi connectivity index (χ3n) is 3.18. The number of nitrogens with zero attached hydrogens (tertiary/aromatic N) is 1. The molecule has 2 bridgehead atoms. The minimum atomic E-state index is -4.29. The van der Waals surface area contributed by atoms with Crippen molar-refractivity contribution < 1.29 is 12.3 Å². The van der Waals surface area contributed by atoms with Crippen molar-refractivity contribution in [1.29, 1.82) is 0 Å². The van der Waals surface area contributed by atoms with Gasteiger partial charge in [0.15, 0.2) is 0 Å². The zero-order chi connectivity index (χ0) is 9.53. The van der Waals surface area contributed by atoms with E-state index in [0.717, 1.165) is 38.9 Å². The molecule has 2 saturated heterocycles. The Bertz CT molecular complexity index is 299. The number of fused-ring (bicyclic) bond motifs is 2. The van der Waals surface area contributed by atoms with Gasteiger partial charge in [-0.05, 0) is 32.4 Å². The van der Waals surface area contributed by atoms with Crippen LogP contribution in [0.1, 0.15) is 19.3 Å². The molecule has 0 saturated carbocycles. The van der Waals surface area contributed by atoms with Crippen LogP contribution in [0.3, 0.4) is 0 Å². The van der Waals surface area contributed by atoms with Crippen molar-refractivity contribution in [3.8, 4) is 0 Å². The van der Waals surface area contributed by atoms with E-state index in [4.69, 9.17) is 0 Å². The maximum atomic E-state index is 12.6. The van der Waals surface area contributed by atoms with E-state index in [9.17, 15) is 12.3 Å². The molecular weight excluding hydrogens is 193 g/mol. The molecule has 3 nitrogen and oxygen atoms in total. The Labute approximate surface area is 78.1 Å². The summed E-state index contributed by atoms with van der Waals surface area (Å²) in [5.74, 6) is -0.267. The smallest absolute Gasteiger partial charge is 0.303 e. The lowest BCUT2D eigenvalue weighted by molar-refractivity contribution is 0.201. The van der Waals surface area contributed by atoms with Gasteiger partial charge in [0.1, 0.15) is 0 Å². The van der Waals surface area contributed by atoms with E-state index in [-0.39, 0.29) is 11.2 Å². The van der Waals surface area contributed by atoms with E-state index in [1.54, 1.807) is 0 Å². The van der Waals surface area contributed by atoms with E-state index in [2.05, 4.69) is 4.90 Å². The van der Waals surface area contributed by atoms with E-state index >= 15 is 0 Å². The van der Waals surface area contributed by atoms with Crippen LogP contribution in [0.25, 0.3) is 0 Å². The second-order valence-corrected chi connectivity index (χ2v) is 5.68. The Hall–Kier alpha value is -0.160. The van der Waals surface area contributed by atoms with Gasteiger partial charge in [0, 0.05) is 12.0 Å². The fraction of sp³-hybridized carbons (Fsp3) is 1.00. The van der Waals surface area contributed by atoms with Crippen molar-refractivity contribution in [2.24, 2.45) is 5.41 Å². The number of hydrogen-bond donors (Lipinski definition) is 0. The second kappa shape index (κ2) is 2.92. The summed E-state index contributed by atoms with van der Waals surface area (Å²) in [4.78, 5) is 2.23. The average Bonchev–Trinajstić information content (AvgIpc) is 2.23. The first kappa shape index (κ1) is 9.40. The van der Waals surface area contributed by atoms with E-state index in [1.165, 1.54) is 0 Å². The molecule has 2 fully saturated rings. The Morgan fingerprint density at radius 1 is 1.31 bits per heavy atom. The van der Waals surface area contributed by atoms with Crippen molar-refractivity contribution in [1.82, 2.24) is 4.90 Å². The first-order valence-corrected chi connectivity index (χ1v) is 6.19. The zero-order valence-electron chi connectivity index (χ0n) is 7.50. The van der Waals surface area contributed by atoms with Gasteiger partial charge >= 0.3 is 10.2 Å². The van der Waals surface area contributed by atoms with Crippen molar-refractivity contribution in [3.63, 3.8) is 0 Å². The van der Waals surface area contributed by atoms with Gasteiger partial charge in [0.25, 0.3) is 0 Å². The highest BCUT2D eigenvalue weighted by Gasteiger charge is 2.43. The summed E-state index contributed by atoms with van der Waals surface area (Å²) >= 11 is 0. The number of rotatable bonds is 2. The third kappa shape index (κ3) is 2.02. The summed E-state index contributed by atoms with van der Waals surface area (Å²) in [5.41, 5.74) is -0.258. The Balaban J connectivity index is 2.12. The molecule has 2 unspecified atom stereocenters. The van der Waals surface area contributed by atoms with Crippen molar-refractivity contribution in [2.45, 2.75) is 19.3 Å². The highest BCUT2D eigenvalue weighted by Crippen LogP contribution is 2.40. The predicted octanol–water partition coefficient (Wildman–Crippen LogP) is 0.772. The van der Waals surface area contributed by atoms with Crippen LogP contribution in [-0.4, -0.2) is 38.7 Å². The van der Waals surface area contributed by atoms with Gasteiger partial charge in [-0.15, -0.1) is 3.89 Å².